The van der Waals surface area contributed by atoms with Gasteiger partial charge in [0.15, 0.2) is 6.04 Å². The van der Waals surface area contributed by atoms with Crippen LogP contribution in [0.5, 0.6) is 0 Å². The lowest BCUT2D eigenvalue weighted by atomic mass is 9.87. The van der Waals surface area contributed by atoms with Crippen LogP contribution in [-0.2, 0) is 4.79 Å². The standard InChI is InChI=1S/C12H22N2O4/c1-7(15)9(10(16)17)14-11(18)13-8-5-4-6-12(8,2)3/h7-9,15H,4-6H2,1-3H3,(H,16,17)(H2,13,14,18). The van der Waals surface area contributed by atoms with Crippen molar-refractivity contribution in [3.8, 4) is 0 Å². The second-order valence-electron chi connectivity index (χ2n) is 5.61. The van der Waals surface area contributed by atoms with Crippen LogP contribution in [0.2, 0.25) is 0 Å². The van der Waals surface area contributed by atoms with Crippen molar-refractivity contribution in [2.24, 2.45) is 5.41 Å². The number of hydrogen-bond donors (Lipinski definition) is 4. The van der Waals surface area contributed by atoms with E-state index in [1.165, 1.54) is 6.92 Å². The summed E-state index contributed by atoms with van der Waals surface area (Å²) in [5.41, 5.74) is 0.0287. The highest BCUT2D eigenvalue weighted by molar-refractivity contribution is 5.83. The molecule has 104 valence electrons. The van der Waals surface area contributed by atoms with Crippen LogP contribution in [0.3, 0.4) is 0 Å². The molecule has 1 saturated carbocycles. The van der Waals surface area contributed by atoms with Gasteiger partial charge in [0.2, 0.25) is 0 Å². The van der Waals surface area contributed by atoms with Gasteiger partial charge in [0.1, 0.15) is 0 Å². The summed E-state index contributed by atoms with van der Waals surface area (Å²) in [5.74, 6) is -1.24. The summed E-state index contributed by atoms with van der Waals surface area (Å²) in [7, 11) is 0. The Labute approximate surface area is 107 Å². The molecule has 0 aromatic heterocycles. The summed E-state index contributed by atoms with van der Waals surface area (Å²) in [6.07, 6.45) is 1.85. The van der Waals surface area contributed by atoms with Crippen molar-refractivity contribution in [3.63, 3.8) is 0 Å². The molecule has 0 radical (unpaired) electrons. The van der Waals surface area contributed by atoms with Gasteiger partial charge in [-0.2, -0.15) is 0 Å². The molecule has 6 nitrogen and oxygen atoms in total. The summed E-state index contributed by atoms with van der Waals surface area (Å²) in [4.78, 5) is 22.5. The lowest BCUT2D eigenvalue weighted by Crippen LogP contribution is -2.54. The first-order valence-electron chi connectivity index (χ1n) is 6.22. The van der Waals surface area contributed by atoms with Crippen molar-refractivity contribution < 1.29 is 19.8 Å². The Morgan fingerprint density at radius 2 is 2.00 bits per heavy atom. The largest absolute Gasteiger partial charge is 0.480 e. The zero-order valence-corrected chi connectivity index (χ0v) is 11.1. The summed E-state index contributed by atoms with van der Waals surface area (Å²) in [6, 6.07) is -1.78. The Bertz CT molecular complexity index is 328. The topological polar surface area (TPSA) is 98.7 Å². The van der Waals surface area contributed by atoms with Crippen LogP contribution < -0.4 is 10.6 Å². The second-order valence-corrected chi connectivity index (χ2v) is 5.61. The fourth-order valence-corrected chi connectivity index (χ4v) is 2.32. The average Bonchev–Trinajstić information content (AvgIpc) is 2.54. The number of amides is 2. The molecule has 2 amide bonds. The van der Waals surface area contributed by atoms with Crippen LogP contribution >= 0.6 is 0 Å². The molecule has 6 heteroatoms. The highest BCUT2D eigenvalue weighted by Crippen LogP contribution is 2.37. The molecule has 0 bridgehead atoms. The zero-order chi connectivity index (χ0) is 13.9. The van der Waals surface area contributed by atoms with E-state index in [1.54, 1.807) is 0 Å². The molecule has 1 aliphatic carbocycles. The van der Waals surface area contributed by atoms with Gasteiger partial charge in [-0.25, -0.2) is 9.59 Å². The second kappa shape index (κ2) is 5.56. The highest BCUT2D eigenvalue weighted by Gasteiger charge is 2.36. The summed E-state index contributed by atoms with van der Waals surface area (Å²) >= 11 is 0. The number of hydrogen-bond acceptors (Lipinski definition) is 3. The minimum Gasteiger partial charge on any atom is -0.480 e. The maximum Gasteiger partial charge on any atom is 0.328 e. The van der Waals surface area contributed by atoms with E-state index in [2.05, 4.69) is 24.5 Å². The smallest absolute Gasteiger partial charge is 0.328 e. The number of carboxylic acid groups (broad SMARTS) is 1. The third kappa shape index (κ3) is 3.60. The first-order valence-corrected chi connectivity index (χ1v) is 6.22. The minimum atomic E-state index is -1.28. The van der Waals surface area contributed by atoms with Crippen LogP contribution in [0, 0.1) is 5.41 Å². The van der Waals surface area contributed by atoms with E-state index >= 15 is 0 Å². The van der Waals surface area contributed by atoms with Gasteiger partial charge in [0, 0.05) is 6.04 Å². The van der Waals surface area contributed by atoms with Crippen molar-refractivity contribution in [1.82, 2.24) is 10.6 Å². The quantitative estimate of drug-likeness (QED) is 0.596. The third-order valence-electron chi connectivity index (χ3n) is 3.60. The van der Waals surface area contributed by atoms with Crippen LogP contribution in [0.4, 0.5) is 4.79 Å². The maximum absolute atomic E-state index is 11.7. The normalized spacial score (nSPS) is 25.2. The lowest BCUT2D eigenvalue weighted by molar-refractivity contribution is -0.141. The van der Waals surface area contributed by atoms with Gasteiger partial charge < -0.3 is 20.8 Å². The maximum atomic E-state index is 11.7. The molecule has 3 atom stereocenters. The third-order valence-corrected chi connectivity index (χ3v) is 3.60. The molecule has 0 saturated heterocycles. The number of aliphatic hydroxyl groups excluding tert-OH is 1. The van der Waals surface area contributed by atoms with Gasteiger partial charge in [-0.05, 0) is 25.2 Å². The summed E-state index contributed by atoms with van der Waals surface area (Å²) < 4.78 is 0. The predicted molar refractivity (Wildman–Crippen MR) is 66.2 cm³/mol. The minimum absolute atomic E-state index is 0.0287. The van der Waals surface area contributed by atoms with Crippen LogP contribution in [0.15, 0.2) is 0 Å². The van der Waals surface area contributed by atoms with Gasteiger partial charge >= 0.3 is 12.0 Å². The number of carbonyl (C=O) groups excluding carboxylic acids is 1. The Balaban J connectivity index is 2.53. The van der Waals surface area contributed by atoms with E-state index in [4.69, 9.17) is 5.11 Å². The van der Waals surface area contributed by atoms with Gasteiger partial charge in [0.05, 0.1) is 6.10 Å². The molecule has 0 heterocycles. The molecule has 4 N–H and O–H groups in total. The highest BCUT2D eigenvalue weighted by atomic mass is 16.4. The van der Waals surface area contributed by atoms with Crippen LogP contribution in [0.25, 0.3) is 0 Å². The Morgan fingerprint density at radius 3 is 2.39 bits per heavy atom. The van der Waals surface area contributed by atoms with Gasteiger partial charge in [-0.15, -0.1) is 0 Å². The van der Waals surface area contributed by atoms with E-state index in [-0.39, 0.29) is 11.5 Å². The lowest BCUT2D eigenvalue weighted by Gasteiger charge is -2.28. The van der Waals surface area contributed by atoms with Gasteiger partial charge in [-0.1, -0.05) is 20.3 Å². The van der Waals surface area contributed by atoms with E-state index in [0.717, 1.165) is 19.3 Å². The summed E-state index contributed by atoms with van der Waals surface area (Å²) in [6.45, 7) is 5.49. The molecule has 0 spiro atoms. The molecule has 0 aliphatic heterocycles. The SMILES string of the molecule is CC(O)C(NC(=O)NC1CCCC1(C)C)C(=O)O. The number of rotatable bonds is 4. The Hall–Kier alpha value is -1.30. The first kappa shape index (κ1) is 14.8. The molecule has 0 aromatic carbocycles. The molecule has 1 rings (SSSR count). The number of aliphatic hydroxyl groups is 1. The molecule has 18 heavy (non-hydrogen) atoms. The number of urea groups is 1. The van der Waals surface area contributed by atoms with Gasteiger partial charge in [-0.3, -0.25) is 0 Å². The van der Waals surface area contributed by atoms with E-state index in [1.807, 2.05) is 0 Å². The number of aliphatic carboxylic acids is 1. The number of carbonyl (C=O) groups is 2. The molecular weight excluding hydrogens is 236 g/mol. The van der Waals surface area contributed by atoms with E-state index in [9.17, 15) is 14.7 Å². The molecule has 1 aliphatic rings. The summed E-state index contributed by atoms with van der Waals surface area (Å²) in [5, 5.41) is 23.2. The zero-order valence-electron chi connectivity index (χ0n) is 11.1. The number of carboxylic acids is 1. The number of nitrogens with one attached hydrogen (secondary N) is 2. The molecular formula is C12H22N2O4. The van der Waals surface area contributed by atoms with Crippen LogP contribution in [0.1, 0.15) is 40.0 Å². The molecule has 1 fully saturated rings. The fraction of sp³-hybridized carbons (Fsp3) is 0.833. The van der Waals surface area contributed by atoms with Crippen LogP contribution in [-0.4, -0.2) is 40.4 Å². The van der Waals surface area contributed by atoms with E-state index < -0.39 is 24.1 Å². The Morgan fingerprint density at radius 1 is 1.39 bits per heavy atom. The Kier molecular flexibility index (Phi) is 4.56. The molecule has 3 unspecified atom stereocenters. The monoisotopic (exact) mass is 258 g/mol. The van der Waals surface area contributed by atoms with E-state index in [0.29, 0.717) is 0 Å². The predicted octanol–water partition coefficient (Wildman–Crippen LogP) is 0.698. The van der Waals surface area contributed by atoms with Crippen molar-refractivity contribution in [2.45, 2.75) is 58.2 Å². The molecule has 0 aromatic rings. The van der Waals surface area contributed by atoms with Crippen molar-refractivity contribution in [1.29, 1.82) is 0 Å². The van der Waals surface area contributed by atoms with Crippen molar-refractivity contribution >= 4 is 12.0 Å². The average molecular weight is 258 g/mol. The first-order chi connectivity index (χ1) is 8.24. The fourth-order valence-electron chi connectivity index (χ4n) is 2.32. The van der Waals surface area contributed by atoms with Gasteiger partial charge in [0.25, 0.3) is 0 Å². The van der Waals surface area contributed by atoms with Crippen molar-refractivity contribution in [2.75, 3.05) is 0 Å². The van der Waals surface area contributed by atoms with Crippen molar-refractivity contribution in [3.05, 3.63) is 0 Å².